The third kappa shape index (κ3) is 4.36. The van der Waals surface area contributed by atoms with Crippen LogP contribution >= 0.6 is 0 Å². The van der Waals surface area contributed by atoms with Gasteiger partial charge in [0, 0.05) is 42.4 Å². The molecule has 0 spiro atoms. The molecule has 11 heteroatoms. The summed E-state index contributed by atoms with van der Waals surface area (Å²) in [5.74, 6) is 0.930. The lowest BCUT2D eigenvalue weighted by Crippen LogP contribution is -2.47. The topological polar surface area (TPSA) is 96.2 Å². The van der Waals surface area contributed by atoms with Gasteiger partial charge in [0.2, 0.25) is 0 Å². The number of anilines is 1. The summed E-state index contributed by atoms with van der Waals surface area (Å²) in [6.07, 6.45) is 6.45. The third-order valence-corrected chi connectivity index (χ3v) is 7.05. The van der Waals surface area contributed by atoms with E-state index in [1.807, 2.05) is 41.7 Å². The number of phenols is 1. The Morgan fingerprint density at radius 3 is 2.38 bits per heavy atom. The summed E-state index contributed by atoms with van der Waals surface area (Å²) in [5.41, 5.74) is 2.40. The van der Waals surface area contributed by atoms with Gasteiger partial charge in [0.15, 0.2) is 5.82 Å². The van der Waals surface area contributed by atoms with E-state index in [1.165, 1.54) is 17.5 Å². The number of nitrogens with one attached hydrogen (secondary N) is 1. The van der Waals surface area contributed by atoms with Crippen molar-refractivity contribution in [2.75, 3.05) is 11.9 Å². The van der Waals surface area contributed by atoms with Crippen LogP contribution in [0.15, 0.2) is 47.4 Å². The Labute approximate surface area is 202 Å². The van der Waals surface area contributed by atoms with Crippen molar-refractivity contribution in [1.82, 2.24) is 25.3 Å². The van der Waals surface area contributed by atoms with Gasteiger partial charge in [0.25, 0.3) is 5.56 Å². The van der Waals surface area contributed by atoms with Crippen molar-refractivity contribution in [3.05, 3.63) is 52.9 Å². The summed E-state index contributed by atoms with van der Waals surface area (Å²) in [6.45, 7) is 0. The van der Waals surface area contributed by atoms with Crippen LogP contribution < -0.4 is 15.8 Å². The van der Waals surface area contributed by atoms with E-state index >= 15 is 0 Å². The minimum Gasteiger partial charge on any atom is -0.507 e. The molecule has 3 aromatic rings. The van der Waals surface area contributed by atoms with Crippen LogP contribution in [0.5, 0.6) is 5.75 Å². The van der Waals surface area contributed by atoms with Gasteiger partial charge in [-0.2, -0.15) is 5.10 Å². The minimum absolute atomic E-state index is 0.0860. The monoisotopic (exact) mass is 454 g/mol. The Balaban J connectivity index is 1.35. The summed E-state index contributed by atoms with van der Waals surface area (Å²) < 4.78 is 1.45. The highest BCUT2D eigenvalue weighted by Crippen LogP contribution is 2.34. The van der Waals surface area contributed by atoms with Crippen LogP contribution in [0.3, 0.4) is 0 Å². The van der Waals surface area contributed by atoms with Gasteiger partial charge >= 0.3 is 0 Å². The zero-order valence-electron chi connectivity index (χ0n) is 20.2. The van der Waals surface area contributed by atoms with E-state index in [0.717, 1.165) is 24.2 Å². The van der Waals surface area contributed by atoms with Gasteiger partial charge in [-0.1, -0.05) is 6.07 Å². The average molecular weight is 454 g/mol. The highest BCUT2D eigenvalue weighted by atomic mass is 16.3. The smallest absolute Gasteiger partial charge is 0.265 e. The van der Waals surface area contributed by atoms with Gasteiger partial charge in [-0.3, -0.25) is 4.79 Å². The largest absolute Gasteiger partial charge is 0.507 e. The number of phenolic OH excluding ortho intramolecular Hbond substituents is 1. The maximum absolute atomic E-state index is 12.5. The first-order valence-corrected chi connectivity index (χ1v) is 12.0. The van der Waals surface area contributed by atoms with E-state index < -0.39 is 5.24 Å². The first kappa shape index (κ1) is 22.7. The summed E-state index contributed by atoms with van der Waals surface area (Å²) in [7, 11) is 7.89. The summed E-state index contributed by atoms with van der Waals surface area (Å²) in [4.78, 5) is 14.7. The molecular weight excluding hydrogens is 425 g/mol. The Hall–Kier alpha value is -3.07. The van der Waals surface area contributed by atoms with E-state index in [0.29, 0.717) is 34.9 Å². The quantitative estimate of drug-likeness (QED) is 0.491. The summed E-state index contributed by atoms with van der Waals surface area (Å²) in [6, 6.07) is 12.4. The molecule has 0 saturated carbocycles. The van der Waals surface area contributed by atoms with Crippen LogP contribution in [0.4, 0.5) is 5.82 Å². The van der Waals surface area contributed by atoms with Gasteiger partial charge in [0.05, 0.1) is 11.9 Å². The fourth-order valence-corrected chi connectivity index (χ4v) is 5.19. The van der Waals surface area contributed by atoms with Crippen LogP contribution in [0.1, 0.15) is 25.7 Å². The standard InChI is InChI=1S/C23H29B3N6O2/c1-31(17-10-15-3-4-16(11-17)28-15)21-7-6-19(29-30-21)18-5-2-13(8-20(18)33)14-9-22(34)32(27-12-14)23(24,25)26/h2,5-9,12,15-17,28,33H,3-4,10-11,24-26H2,1H3/t15-,16+,17-. The molecule has 2 aliphatic heterocycles. The molecule has 34 heavy (non-hydrogen) atoms. The molecule has 3 atom stereocenters. The Bertz CT molecular complexity index is 1250. The van der Waals surface area contributed by atoms with Gasteiger partial charge in [-0.15, -0.1) is 10.2 Å². The Kier molecular flexibility index (Phi) is 5.76. The van der Waals surface area contributed by atoms with Gasteiger partial charge in [-0.05, 0) is 60.7 Å². The van der Waals surface area contributed by atoms with E-state index in [1.54, 1.807) is 24.4 Å². The molecule has 2 saturated heterocycles. The summed E-state index contributed by atoms with van der Waals surface area (Å²) >= 11 is 0. The van der Waals surface area contributed by atoms with Crippen molar-refractivity contribution < 1.29 is 5.11 Å². The molecule has 2 fully saturated rings. The fourth-order valence-electron chi connectivity index (χ4n) is 5.19. The van der Waals surface area contributed by atoms with Crippen molar-refractivity contribution in [3.63, 3.8) is 0 Å². The highest BCUT2D eigenvalue weighted by molar-refractivity contribution is 6.56. The van der Waals surface area contributed by atoms with E-state index in [-0.39, 0.29) is 11.3 Å². The Morgan fingerprint density at radius 1 is 1.06 bits per heavy atom. The van der Waals surface area contributed by atoms with Crippen molar-refractivity contribution in [1.29, 1.82) is 0 Å². The molecule has 5 rings (SSSR count). The first-order valence-electron chi connectivity index (χ1n) is 12.0. The molecule has 0 aliphatic carbocycles. The van der Waals surface area contributed by atoms with Crippen LogP contribution in [0.2, 0.25) is 0 Å². The third-order valence-electron chi connectivity index (χ3n) is 7.05. The van der Waals surface area contributed by atoms with Crippen LogP contribution in [-0.4, -0.2) is 73.8 Å². The van der Waals surface area contributed by atoms with Crippen molar-refractivity contribution in [2.45, 2.75) is 49.0 Å². The number of fused-ring (bicyclic) bond motifs is 2. The maximum Gasteiger partial charge on any atom is 0.265 e. The van der Waals surface area contributed by atoms with E-state index in [9.17, 15) is 9.90 Å². The lowest BCUT2D eigenvalue weighted by molar-refractivity contribution is 0.353. The lowest BCUT2D eigenvalue weighted by Gasteiger charge is -2.36. The predicted molar refractivity (Wildman–Crippen MR) is 142 cm³/mol. The molecule has 2 aliphatic rings. The number of aromatic hydroxyl groups is 1. The summed E-state index contributed by atoms with van der Waals surface area (Å²) in [5, 5.41) is 27.2. The number of rotatable bonds is 5. The van der Waals surface area contributed by atoms with Gasteiger partial charge in [-0.25, -0.2) is 4.68 Å². The van der Waals surface area contributed by atoms with Gasteiger partial charge in [0.1, 0.15) is 29.3 Å². The number of aromatic nitrogens is 4. The zero-order chi connectivity index (χ0) is 24.0. The predicted octanol–water partition coefficient (Wildman–Crippen LogP) is -0.741. The van der Waals surface area contributed by atoms with E-state index in [4.69, 9.17) is 0 Å². The van der Waals surface area contributed by atoms with Crippen molar-refractivity contribution in [3.8, 4) is 28.1 Å². The number of nitrogens with zero attached hydrogens (tertiary/aromatic N) is 5. The molecule has 2 bridgehead atoms. The highest BCUT2D eigenvalue weighted by Gasteiger charge is 2.35. The molecule has 4 heterocycles. The average Bonchev–Trinajstić information content (AvgIpc) is 3.15. The first-order chi connectivity index (χ1) is 16.2. The SMILES string of the molecule is BC(B)(B)n1ncc(-c2ccc(-c3ccc(N(C)[C@@H]4C[C@H]5CC[C@@H](C4)N5)nn3)c(O)c2)cc1=O. The second-order valence-electron chi connectivity index (χ2n) is 10.5. The molecular formula is C23H29B3N6O2. The number of benzene rings is 1. The maximum atomic E-state index is 12.5. The molecule has 8 nitrogen and oxygen atoms in total. The van der Waals surface area contributed by atoms with E-state index in [2.05, 4.69) is 32.6 Å². The molecule has 0 unspecified atom stereocenters. The number of hydrogen-bond acceptors (Lipinski definition) is 7. The second-order valence-corrected chi connectivity index (χ2v) is 10.5. The molecule has 2 N–H and O–H groups in total. The number of hydrogen-bond donors (Lipinski definition) is 2. The second kappa shape index (κ2) is 8.62. The molecule has 2 aromatic heterocycles. The molecule has 0 radical (unpaired) electrons. The fraction of sp³-hybridized carbons (Fsp3) is 0.391. The normalized spacial score (nSPS) is 22.0. The lowest BCUT2D eigenvalue weighted by atomic mass is 9.49. The van der Waals surface area contributed by atoms with Crippen LogP contribution in [0, 0.1) is 0 Å². The van der Waals surface area contributed by atoms with Crippen molar-refractivity contribution in [2.24, 2.45) is 0 Å². The zero-order valence-corrected chi connectivity index (χ0v) is 20.2. The number of piperidine rings is 1. The van der Waals surface area contributed by atoms with Crippen LogP contribution in [0.25, 0.3) is 22.4 Å². The minimum atomic E-state index is -0.395. The van der Waals surface area contributed by atoms with Crippen molar-refractivity contribution >= 4 is 29.4 Å². The van der Waals surface area contributed by atoms with Gasteiger partial charge < -0.3 is 15.3 Å². The van der Waals surface area contributed by atoms with Crippen LogP contribution in [-0.2, 0) is 5.24 Å². The molecule has 1 aromatic carbocycles. The Morgan fingerprint density at radius 2 is 1.79 bits per heavy atom. The molecule has 172 valence electrons. The molecule has 0 amide bonds.